The van der Waals surface area contributed by atoms with Crippen LogP contribution in [0.3, 0.4) is 0 Å². The van der Waals surface area contributed by atoms with E-state index < -0.39 is 35.2 Å². The molecule has 2 aromatic heterocycles. The third-order valence-corrected chi connectivity index (χ3v) is 10.8. The van der Waals surface area contributed by atoms with Crippen molar-refractivity contribution in [2.45, 2.75) is 155 Å². The molecule has 0 spiro atoms. The summed E-state index contributed by atoms with van der Waals surface area (Å²) in [6, 6.07) is 3.25. The van der Waals surface area contributed by atoms with E-state index in [1.165, 1.54) is 7.11 Å². The van der Waals surface area contributed by atoms with Crippen molar-refractivity contribution >= 4 is 41.9 Å². The Morgan fingerprint density at radius 1 is 0.557 bits per heavy atom. The zero-order chi connectivity index (χ0) is 51.2. The Morgan fingerprint density at radius 2 is 1.00 bits per heavy atom. The Labute approximate surface area is 409 Å². The maximum absolute atomic E-state index is 13.6. The number of nitrogens with zero attached hydrogens (tertiary/aromatic N) is 4. The van der Waals surface area contributed by atoms with Crippen LogP contribution in [-0.4, -0.2) is 108 Å². The van der Waals surface area contributed by atoms with Crippen LogP contribution in [0.15, 0.2) is 45.4 Å². The molecule has 0 aliphatic rings. The fourth-order valence-corrected chi connectivity index (χ4v) is 6.92. The second-order valence-corrected chi connectivity index (χ2v) is 16.6. The third-order valence-electron chi connectivity index (χ3n) is 10.8. The molecule has 22 heteroatoms. The van der Waals surface area contributed by atoms with Gasteiger partial charge in [0.2, 0.25) is 0 Å². The van der Waals surface area contributed by atoms with E-state index in [-0.39, 0.29) is 76.9 Å². The zero-order valence-electron chi connectivity index (χ0n) is 41.2. The van der Waals surface area contributed by atoms with Gasteiger partial charge < -0.3 is 39.6 Å². The second kappa shape index (κ2) is 37.4. The van der Waals surface area contributed by atoms with Crippen molar-refractivity contribution in [2.24, 2.45) is 0 Å². The van der Waals surface area contributed by atoms with E-state index in [1.54, 1.807) is 12.3 Å². The molecular weight excluding hydrogens is 913 g/mol. The average Bonchev–Trinajstić information content (AvgIpc) is 3.34. The fraction of sp³-hybridized carbons (Fsp3) is 0.667. The first kappa shape index (κ1) is 59.6. The summed E-state index contributed by atoms with van der Waals surface area (Å²) in [5, 5.41) is 10.8. The van der Waals surface area contributed by atoms with Crippen molar-refractivity contribution < 1.29 is 52.5 Å². The number of aryl methyl sites for hydroxylation is 1. The number of hydrogen-bond acceptors (Lipinski definition) is 15. The summed E-state index contributed by atoms with van der Waals surface area (Å²) in [7, 11) is 1.29. The van der Waals surface area contributed by atoms with E-state index >= 15 is 0 Å². The van der Waals surface area contributed by atoms with Gasteiger partial charge in [-0.2, -0.15) is 0 Å². The molecule has 0 bridgehead atoms. The number of rotatable bonds is 38. The van der Waals surface area contributed by atoms with Gasteiger partial charge in [0.25, 0.3) is 0 Å². The molecule has 2 heterocycles. The van der Waals surface area contributed by atoms with E-state index in [4.69, 9.17) is 18.9 Å². The van der Waals surface area contributed by atoms with Crippen LogP contribution in [0.25, 0.3) is 0 Å². The first-order valence-electron chi connectivity index (χ1n) is 24.6. The van der Waals surface area contributed by atoms with Crippen molar-refractivity contribution in [3.63, 3.8) is 0 Å². The van der Waals surface area contributed by atoms with Crippen LogP contribution in [0.2, 0.25) is 0 Å². The molecule has 0 radical (unpaired) electrons. The number of carbonyl (C=O) groups is 6. The molecular formula is C48H76N8O14. The summed E-state index contributed by atoms with van der Waals surface area (Å²) in [6.07, 6.45) is 13.7. The molecule has 4 N–H and O–H groups in total. The maximum Gasteiger partial charge on any atom is 0.407 e. The van der Waals surface area contributed by atoms with Crippen LogP contribution in [0.4, 0.5) is 20.2 Å². The van der Waals surface area contributed by atoms with Gasteiger partial charge in [0.1, 0.15) is 19.0 Å². The molecule has 0 aromatic carbocycles. The highest BCUT2D eigenvalue weighted by atomic mass is 16.6. The van der Waals surface area contributed by atoms with Crippen molar-refractivity contribution in [2.75, 3.05) is 58.5 Å². The number of unbranched alkanes of at least 4 members (excludes halogenated alkanes) is 13. The first-order valence-corrected chi connectivity index (χ1v) is 24.6. The monoisotopic (exact) mass is 989 g/mol. The van der Waals surface area contributed by atoms with Crippen molar-refractivity contribution in [1.29, 1.82) is 0 Å². The topological polar surface area (TPSA) is 276 Å². The van der Waals surface area contributed by atoms with Crippen molar-refractivity contribution in [3.8, 4) is 0 Å². The molecule has 0 saturated heterocycles. The number of anilines is 1. The normalized spacial score (nSPS) is 10.7. The van der Waals surface area contributed by atoms with Gasteiger partial charge in [0.05, 0.1) is 20.3 Å². The fourth-order valence-electron chi connectivity index (χ4n) is 6.92. The van der Waals surface area contributed by atoms with Crippen LogP contribution in [-0.2, 0) is 57.7 Å². The molecule has 0 aliphatic heterocycles. The number of nitrogens with one attached hydrogen (secondary N) is 4. The maximum atomic E-state index is 13.6. The van der Waals surface area contributed by atoms with E-state index in [0.717, 1.165) is 44.6 Å². The average molecular weight is 989 g/mol. The molecule has 2 rings (SSSR count). The molecule has 0 unspecified atom stereocenters. The highest BCUT2D eigenvalue weighted by Crippen LogP contribution is 2.08. The van der Waals surface area contributed by atoms with E-state index in [1.807, 2.05) is 13.0 Å². The van der Waals surface area contributed by atoms with Crippen LogP contribution >= 0.6 is 0 Å². The molecule has 0 fully saturated rings. The minimum atomic E-state index is -0.640. The SMILES string of the molecule is C=CC(=O)OCCOC(=O)CCCCCOC(=O)CCCCCOC(=O)NCCCCCCn1c(=O)n(CCCCCCNC(=O)Nc2cc(C)ccn2)c(=O)n(CCCCCCNC(=O)OC)c1=O. The first-order chi connectivity index (χ1) is 33.9. The highest BCUT2D eigenvalue weighted by molar-refractivity contribution is 5.88. The molecule has 22 nitrogen and oxygen atoms in total. The Morgan fingerprint density at radius 3 is 1.50 bits per heavy atom. The number of ether oxygens (including phenoxy) is 5. The lowest BCUT2D eigenvalue weighted by Gasteiger charge is -2.14. The Balaban J connectivity index is 1.67. The molecule has 392 valence electrons. The standard InChI is InChI=1S/C48H76N8O14/c1-4-40(57)68-35-36-69-42(59)24-13-11-21-33-67-41(58)23-14-12-22-34-70-45(62)52-28-17-7-10-20-32-56-47(64)54(46(63)55(48(56)65)31-19-9-6-16-27-51-44(61)66-3)30-18-8-5-15-26-50-43(60)53-39-37-38(2)25-29-49-39/h4,25,29,37H,1,5-24,26-28,30-36H2,2-3H3,(H,51,61)(H,52,62)(H2,49,50,53,60). The van der Waals surface area contributed by atoms with Gasteiger partial charge in [-0.3, -0.25) is 14.9 Å². The van der Waals surface area contributed by atoms with Crippen LogP contribution in [0.1, 0.15) is 134 Å². The lowest BCUT2D eigenvalue weighted by molar-refractivity contribution is -0.149. The summed E-state index contributed by atoms with van der Waals surface area (Å²) >= 11 is 0. The number of esters is 3. The van der Waals surface area contributed by atoms with Crippen molar-refractivity contribution in [3.05, 3.63) is 68.0 Å². The minimum absolute atomic E-state index is 0.0171. The van der Waals surface area contributed by atoms with Crippen LogP contribution in [0, 0.1) is 6.92 Å². The largest absolute Gasteiger partial charge is 0.466 e. The van der Waals surface area contributed by atoms with Crippen LogP contribution in [0.5, 0.6) is 0 Å². The predicted octanol–water partition coefficient (Wildman–Crippen LogP) is 5.40. The quantitative estimate of drug-likeness (QED) is 0.0284. The van der Waals surface area contributed by atoms with Gasteiger partial charge in [0.15, 0.2) is 0 Å². The van der Waals surface area contributed by atoms with E-state index in [9.17, 15) is 43.2 Å². The Kier molecular flexibility index (Phi) is 31.9. The molecule has 2 aromatic rings. The number of aromatic nitrogens is 4. The van der Waals surface area contributed by atoms with Gasteiger partial charge in [0, 0.05) is 64.4 Å². The molecule has 70 heavy (non-hydrogen) atoms. The lowest BCUT2D eigenvalue weighted by atomic mass is 10.2. The van der Waals surface area contributed by atoms with Gasteiger partial charge >= 0.3 is 53.2 Å². The Hall–Kier alpha value is -6.48. The molecule has 0 atom stereocenters. The Bertz CT molecular complexity index is 2090. The summed E-state index contributed by atoms with van der Waals surface area (Å²) in [5.41, 5.74) is -0.939. The number of carbonyl (C=O) groups excluding carboxylic acids is 6. The lowest BCUT2D eigenvalue weighted by Crippen LogP contribution is -2.54. The van der Waals surface area contributed by atoms with Crippen molar-refractivity contribution in [1.82, 2.24) is 34.6 Å². The molecule has 0 aliphatic carbocycles. The summed E-state index contributed by atoms with van der Waals surface area (Å²) in [4.78, 5) is 115. The summed E-state index contributed by atoms with van der Waals surface area (Å²) < 4.78 is 28.2. The zero-order valence-corrected chi connectivity index (χ0v) is 41.2. The van der Waals surface area contributed by atoms with Gasteiger partial charge in [-0.05, 0) is 102 Å². The molecule has 0 saturated carbocycles. The summed E-state index contributed by atoms with van der Waals surface area (Å²) in [6.45, 7) is 7.30. The van der Waals surface area contributed by atoms with E-state index in [0.29, 0.717) is 122 Å². The van der Waals surface area contributed by atoms with Gasteiger partial charge in [-0.25, -0.2) is 52.2 Å². The second-order valence-electron chi connectivity index (χ2n) is 16.6. The van der Waals surface area contributed by atoms with Gasteiger partial charge in [-0.1, -0.05) is 45.1 Å². The minimum Gasteiger partial charge on any atom is -0.466 e. The molecule has 4 amide bonds. The number of pyridine rings is 1. The number of urea groups is 1. The number of alkyl carbamates (subject to hydrolysis) is 2. The third kappa shape index (κ3) is 27.5. The number of methoxy groups -OCH3 is 1. The summed E-state index contributed by atoms with van der Waals surface area (Å²) in [5.74, 6) is -0.818. The van der Waals surface area contributed by atoms with Crippen LogP contribution < -0.4 is 38.3 Å². The van der Waals surface area contributed by atoms with E-state index in [2.05, 4.69) is 37.6 Å². The number of hydrogen-bond donors (Lipinski definition) is 4. The number of amides is 4. The highest BCUT2D eigenvalue weighted by Gasteiger charge is 2.16. The predicted molar refractivity (Wildman–Crippen MR) is 260 cm³/mol. The van der Waals surface area contributed by atoms with Gasteiger partial charge in [-0.15, -0.1) is 0 Å². The smallest absolute Gasteiger partial charge is 0.407 e.